The van der Waals surface area contributed by atoms with E-state index in [9.17, 15) is 9.90 Å². The Kier molecular flexibility index (Phi) is 5.52. The van der Waals surface area contributed by atoms with E-state index in [0.717, 1.165) is 26.7 Å². The second-order valence-electron chi connectivity index (χ2n) is 5.98. The van der Waals surface area contributed by atoms with Gasteiger partial charge in [-0.25, -0.2) is 4.79 Å². The molecule has 7 heteroatoms. The number of thiazole rings is 1. The molecule has 0 saturated heterocycles. The number of rotatable bonds is 3. The van der Waals surface area contributed by atoms with E-state index in [-0.39, 0.29) is 29.5 Å². The van der Waals surface area contributed by atoms with Crippen LogP contribution in [-0.4, -0.2) is 18.1 Å². The Labute approximate surface area is 177 Å². The highest BCUT2D eigenvalue weighted by Crippen LogP contribution is 2.37. The van der Waals surface area contributed by atoms with E-state index in [2.05, 4.69) is 0 Å². The molecule has 2 heterocycles. The van der Waals surface area contributed by atoms with Crippen molar-refractivity contribution in [1.82, 2.24) is 0 Å². The van der Waals surface area contributed by atoms with E-state index in [0.29, 0.717) is 5.88 Å². The lowest BCUT2D eigenvalue weighted by atomic mass is 10.2. The number of hydrogen-bond donors (Lipinski definition) is 1. The SMILES string of the molecule is CN1C(=CC(=Cc2sc3ccccc3[n+]2C)C(=O)O)Oc2ccccc21.[I-]. The summed E-state index contributed by atoms with van der Waals surface area (Å²) >= 11 is 1.56. The molecule has 0 atom stereocenters. The minimum absolute atomic E-state index is 0. The van der Waals surface area contributed by atoms with Gasteiger partial charge in [0.05, 0.1) is 11.3 Å². The highest BCUT2D eigenvalue weighted by atomic mass is 127. The molecule has 1 aliphatic heterocycles. The van der Waals surface area contributed by atoms with Crippen LogP contribution in [0.3, 0.4) is 0 Å². The Hall–Kier alpha value is -2.39. The smallest absolute Gasteiger partial charge is 0.336 e. The van der Waals surface area contributed by atoms with E-state index < -0.39 is 5.97 Å². The minimum atomic E-state index is -0.997. The molecule has 0 amide bonds. The number of aromatic nitrogens is 1. The minimum Gasteiger partial charge on any atom is -1.00 e. The van der Waals surface area contributed by atoms with Gasteiger partial charge in [0.15, 0.2) is 5.75 Å². The summed E-state index contributed by atoms with van der Waals surface area (Å²) in [6.07, 6.45) is 3.24. The number of benzene rings is 2. The highest BCUT2D eigenvalue weighted by molar-refractivity contribution is 7.18. The lowest BCUT2D eigenvalue weighted by molar-refractivity contribution is -0.642. The first-order chi connectivity index (χ1) is 12.5. The van der Waals surface area contributed by atoms with Gasteiger partial charge in [-0.05, 0) is 18.2 Å². The second-order valence-corrected chi connectivity index (χ2v) is 7.05. The number of carboxylic acid groups (broad SMARTS) is 1. The summed E-state index contributed by atoms with van der Waals surface area (Å²) in [5, 5.41) is 10.5. The van der Waals surface area contributed by atoms with Crippen molar-refractivity contribution in [3.8, 4) is 5.75 Å². The zero-order valence-electron chi connectivity index (χ0n) is 14.7. The Morgan fingerprint density at radius 1 is 1.19 bits per heavy atom. The van der Waals surface area contributed by atoms with Crippen molar-refractivity contribution >= 4 is 39.3 Å². The number of anilines is 1. The van der Waals surface area contributed by atoms with Crippen LogP contribution in [-0.2, 0) is 11.8 Å². The Balaban J connectivity index is 0.00000210. The number of fused-ring (bicyclic) bond motifs is 2. The summed E-state index contributed by atoms with van der Waals surface area (Å²) in [5.41, 5.74) is 2.15. The van der Waals surface area contributed by atoms with Gasteiger partial charge in [0.2, 0.25) is 11.4 Å². The monoisotopic (exact) mass is 492 g/mol. The molecular formula is C20H17IN2O3S. The summed E-state index contributed by atoms with van der Waals surface area (Å²) in [5.74, 6) is 0.213. The maximum Gasteiger partial charge on any atom is 0.336 e. The number of carbonyl (C=O) groups is 1. The summed E-state index contributed by atoms with van der Waals surface area (Å²) in [6.45, 7) is 0. The predicted molar refractivity (Wildman–Crippen MR) is 102 cm³/mol. The normalized spacial score (nSPS) is 14.8. The molecule has 1 N–H and O–H groups in total. The Morgan fingerprint density at radius 3 is 2.59 bits per heavy atom. The number of aryl methyl sites for hydroxylation is 1. The first-order valence-electron chi connectivity index (χ1n) is 8.09. The molecule has 0 radical (unpaired) electrons. The fraction of sp³-hybridized carbons (Fsp3) is 0.100. The van der Waals surface area contributed by atoms with Crippen molar-refractivity contribution in [2.45, 2.75) is 0 Å². The molecular weight excluding hydrogens is 475 g/mol. The van der Waals surface area contributed by atoms with Crippen LogP contribution < -0.4 is 38.2 Å². The zero-order chi connectivity index (χ0) is 18.3. The summed E-state index contributed by atoms with van der Waals surface area (Å²) in [4.78, 5) is 13.7. The van der Waals surface area contributed by atoms with E-state index in [1.807, 2.05) is 72.1 Å². The van der Waals surface area contributed by atoms with Crippen LogP contribution in [0.4, 0.5) is 5.69 Å². The van der Waals surface area contributed by atoms with Gasteiger partial charge in [-0.1, -0.05) is 35.6 Å². The van der Waals surface area contributed by atoms with Crippen molar-refractivity contribution in [2.24, 2.45) is 7.05 Å². The quantitative estimate of drug-likeness (QED) is 0.330. The van der Waals surface area contributed by atoms with Crippen molar-refractivity contribution in [1.29, 1.82) is 0 Å². The molecule has 3 aromatic rings. The Bertz CT molecular complexity index is 1090. The van der Waals surface area contributed by atoms with Crippen LogP contribution in [0, 0.1) is 0 Å². The zero-order valence-corrected chi connectivity index (χ0v) is 17.7. The number of nitrogens with zero attached hydrogens (tertiary/aromatic N) is 2. The molecule has 138 valence electrons. The first kappa shape index (κ1) is 19.4. The molecule has 0 saturated carbocycles. The molecule has 2 aromatic carbocycles. The summed E-state index contributed by atoms with van der Waals surface area (Å²) < 4.78 is 8.91. The molecule has 0 spiro atoms. The number of carboxylic acids is 1. The fourth-order valence-electron chi connectivity index (χ4n) is 2.92. The molecule has 1 aliphatic rings. The van der Waals surface area contributed by atoms with Gasteiger partial charge in [0.1, 0.15) is 11.7 Å². The summed E-state index contributed by atoms with van der Waals surface area (Å²) in [6, 6.07) is 15.6. The van der Waals surface area contributed by atoms with Gasteiger partial charge in [-0.15, -0.1) is 0 Å². The van der Waals surface area contributed by atoms with Crippen molar-refractivity contribution in [3.05, 3.63) is 71.1 Å². The van der Waals surface area contributed by atoms with Crippen LogP contribution in [0.2, 0.25) is 0 Å². The largest absolute Gasteiger partial charge is 1.00 e. The summed E-state index contributed by atoms with van der Waals surface area (Å²) in [7, 11) is 3.79. The predicted octanol–water partition coefficient (Wildman–Crippen LogP) is 0.568. The highest BCUT2D eigenvalue weighted by Gasteiger charge is 2.24. The van der Waals surface area contributed by atoms with Gasteiger partial charge in [-0.3, -0.25) is 0 Å². The molecule has 5 nitrogen and oxygen atoms in total. The van der Waals surface area contributed by atoms with E-state index >= 15 is 0 Å². The lowest BCUT2D eigenvalue weighted by Gasteiger charge is -2.10. The molecule has 0 bridgehead atoms. The average molecular weight is 492 g/mol. The Morgan fingerprint density at radius 2 is 1.89 bits per heavy atom. The van der Waals surface area contributed by atoms with E-state index in [1.54, 1.807) is 23.5 Å². The van der Waals surface area contributed by atoms with Gasteiger partial charge in [-0.2, -0.15) is 4.57 Å². The molecule has 0 aliphatic carbocycles. The second kappa shape index (κ2) is 7.69. The van der Waals surface area contributed by atoms with E-state index in [4.69, 9.17) is 4.74 Å². The third-order valence-corrected chi connectivity index (χ3v) is 5.51. The molecule has 4 rings (SSSR count). The third-order valence-electron chi connectivity index (χ3n) is 4.35. The van der Waals surface area contributed by atoms with Crippen molar-refractivity contribution < 1.29 is 43.2 Å². The van der Waals surface area contributed by atoms with Gasteiger partial charge >= 0.3 is 5.97 Å². The number of aliphatic carboxylic acids is 1. The topological polar surface area (TPSA) is 53.7 Å². The molecule has 1 aromatic heterocycles. The maximum absolute atomic E-state index is 11.8. The van der Waals surface area contributed by atoms with Gasteiger partial charge < -0.3 is 38.7 Å². The first-order valence-corrected chi connectivity index (χ1v) is 8.91. The van der Waals surface area contributed by atoms with Crippen molar-refractivity contribution in [2.75, 3.05) is 11.9 Å². The fourth-order valence-corrected chi connectivity index (χ4v) is 4.03. The molecule has 27 heavy (non-hydrogen) atoms. The molecule has 0 fully saturated rings. The van der Waals surface area contributed by atoms with Crippen LogP contribution >= 0.6 is 11.3 Å². The number of hydrogen-bond acceptors (Lipinski definition) is 4. The lowest BCUT2D eigenvalue weighted by Crippen LogP contribution is -3.00. The van der Waals surface area contributed by atoms with Crippen molar-refractivity contribution in [3.63, 3.8) is 0 Å². The third kappa shape index (κ3) is 3.57. The van der Waals surface area contributed by atoms with Crippen LogP contribution in [0.5, 0.6) is 5.75 Å². The molecule has 0 unspecified atom stereocenters. The standard InChI is InChI=1S/C20H16N2O3S.HI/c1-21-14-7-3-5-9-16(14)25-18(21)11-13(20(23)24)12-19-22(2)15-8-4-6-10-17(15)26-19;/h3-12H,1-2H3;1H. The van der Waals surface area contributed by atoms with Crippen LogP contribution in [0.25, 0.3) is 16.3 Å². The van der Waals surface area contributed by atoms with E-state index in [1.165, 1.54) is 0 Å². The maximum atomic E-state index is 11.8. The average Bonchev–Trinajstić information content (AvgIpc) is 3.13. The van der Waals surface area contributed by atoms with Crippen LogP contribution in [0.1, 0.15) is 5.01 Å². The number of para-hydroxylation sites is 3. The van der Waals surface area contributed by atoms with Crippen LogP contribution in [0.15, 0.2) is 66.1 Å². The van der Waals surface area contributed by atoms with Gasteiger partial charge in [0.25, 0.3) is 5.01 Å². The number of halogens is 1. The van der Waals surface area contributed by atoms with Gasteiger partial charge in [0, 0.05) is 25.3 Å². The number of ether oxygens (including phenoxy) is 1.